The number of aromatic carboxylic acids is 1. The molecule has 0 saturated carbocycles. The van der Waals surface area contributed by atoms with Gasteiger partial charge in [-0.2, -0.15) is 0 Å². The van der Waals surface area contributed by atoms with E-state index in [9.17, 15) is 9.59 Å². The van der Waals surface area contributed by atoms with Crippen molar-refractivity contribution in [3.05, 3.63) is 59.2 Å². The van der Waals surface area contributed by atoms with Crippen LogP contribution in [-0.2, 0) is 17.6 Å². The minimum Gasteiger partial charge on any atom is -0.493 e. The van der Waals surface area contributed by atoms with E-state index in [0.717, 1.165) is 11.1 Å². The minimum atomic E-state index is -0.954. The predicted octanol–water partition coefficient (Wildman–Crippen LogP) is 2.94. The van der Waals surface area contributed by atoms with Gasteiger partial charge in [-0.25, -0.2) is 4.79 Å². The zero-order chi connectivity index (χ0) is 19.8. The van der Waals surface area contributed by atoms with Crippen molar-refractivity contribution in [3.63, 3.8) is 0 Å². The summed E-state index contributed by atoms with van der Waals surface area (Å²) in [6.07, 6.45) is 1.16. The summed E-state index contributed by atoms with van der Waals surface area (Å²) in [7, 11) is 3.16. The molecule has 1 atom stereocenters. The average molecular weight is 371 g/mol. The first kappa shape index (κ1) is 20.3. The number of carbonyl (C=O) groups is 2. The molecular formula is C21H25NO5. The summed E-state index contributed by atoms with van der Waals surface area (Å²) < 4.78 is 10.5. The Morgan fingerprint density at radius 3 is 2.44 bits per heavy atom. The van der Waals surface area contributed by atoms with Crippen LogP contribution in [0.2, 0.25) is 0 Å². The van der Waals surface area contributed by atoms with Crippen LogP contribution < -0.4 is 14.8 Å². The first-order chi connectivity index (χ1) is 12.9. The summed E-state index contributed by atoms with van der Waals surface area (Å²) in [5.74, 6) is 0.0972. The summed E-state index contributed by atoms with van der Waals surface area (Å²) in [4.78, 5) is 23.3. The van der Waals surface area contributed by atoms with Crippen molar-refractivity contribution >= 4 is 11.9 Å². The molecule has 0 aliphatic rings. The largest absolute Gasteiger partial charge is 0.493 e. The number of methoxy groups -OCH3 is 2. The quantitative estimate of drug-likeness (QED) is 0.708. The molecule has 0 aliphatic heterocycles. The molecule has 0 fully saturated rings. The van der Waals surface area contributed by atoms with Gasteiger partial charge >= 0.3 is 5.97 Å². The molecule has 0 heterocycles. The Hall–Kier alpha value is -3.02. The number of hydrogen-bond acceptors (Lipinski definition) is 4. The Morgan fingerprint density at radius 2 is 1.78 bits per heavy atom. The van der Waals surface area contributed by atoms with E-state index in [0.29, 0.717) is 30.9 Å². The van der Waals surface area contributed by atoms with Gasteiger partial charge < -0.3 is 19.9 Å². The number of amides is 1. The molecule has 2 aromatic rings. The van der Waals surface area contributed by atoms with Crippen LogP contribution in [0, 0.1) is 5.92 Å². The summed E-state index contributed by atoms with van der Waals surface area (Å²) in [6.45, 7) is 2.33. The maximum absolute atomic E-state index is 12.3. The van der Waals surface area contributed by atoms with Crippen LogP contribution >= 0.6 is 0 Å². The lowest BCUT2D eigenvalue weighted by Crippen LogP contribution is -2.31. The number of rotatable bonds is 9. The number of ether oxygens (including phenoxy) is 2. The lowest BCUT2D eigenvalue weighted by molar-refractivity contribution is -0.124. The van der Waals surface area contributed by atoms with Crippen LogP contribution in [0.15, 0.2) is 42.5 Å². The Balaban J connectivity index is 1.87. The Morgan fingerprint density at radius 1 is 1.04 bits per heavy atom. The Labute approximate surface area is 159 Å². The number of carbonyl (C=O) groups excluding carboxylic acids is 1. The van der Waals surface area contributed by atoms with Crippen LogP contribution in [0.4, 0.5) is 0 Å². The molecule has 1 amide bonds. The maximum atomic E-state index is 12.3. The van der Waals surface area contributed by atoms with Gasteiger partial charge in [-0.05, 0) is 48.2 Å². The second-order valence-electron chi connectivity index (χ2n) is 6.34. The highest BCUT2D eigenvalue weighted by atomic mass is 16.5. The fourth-order valence-electron chi connectivity index (χ4n) is 2.82. The van der Waals surface area contributed by atoms with Crippen LogP contribution in [0.3, 0.4) is 0 Å². The van der Waals surface area contributed by atoms with Crippen LogP contribution in [0.5, 0.6) is 11.5 Å². The van der Waals surface area contributed by atoms with Crippen molar-refractivity contribution in [2.75, 3.05) is 20.8 Å². The predicted molar refractivity (Wildman–Crippen MR) is 103 cm³/mol. The second kappa shape index (κ2) is 9.62. The van der Waals surface area contributed by atoms with Crippen LogP contribution in [0.1, 0.15) is 28.4 Å². The van der Waals surface area contributed by atoms with E-state index in [4.69, 9.17) is 14.6 Å². The molecule has 6 nitrogen and oxygen atoms in total. The number of hydrogen-bond donors (Lipinski definition) is 2. The number of nitrogens with one attached hydrogen (secondary N) is 1. The second-order valence-corrected chi connectivity index (χ2v) is 6.34. The van der Waals surface area contributed by atoms with E-state index < -0.39 is 5.97 Å². The number of carboxylic acid groups (broad SMARTS) is 1. The van der Waals surface area contributed by atoms with Gasteiger partial charge in [0.25, 0.3) is 0 Å². The van der Waals surface area contributed by atoms with Crippen molar-refractivity contribution in [3.8, 4) is 11.5 Å². The first-order valence-corrected chi connectivity index (χ1v) is 8.75. The SMILES string of the molecule is COc1ccc(CC(C)C(=O)NCCc2cccc(C(=O)O)c2)cc1OC. The third-order valence-corrected chi connectivity index (χ3v) is 4.32. The highest BCUT2D eigenvalue weighted by Crippen LogP contribution is 2.28. The molecule has 1 unspecified atom stereocenters. The van der Waals surface area contributed by atoms with E-state index in [-0.39, 0.29) is 17.4 Å². The van der Waals surface area contributed by atoms with E-state index in [1.807, 2.05) is 31.2 Å². The monoisotopic (exact) mass is 371 g/mol. The number of carboxylic acids is 1. The molecular weight excluding hydrogens is 346 g/mol. The van der Waals surface area contributed by atoms with Crippen molar-refractivity contribution in [2.45, 2.75) is 19.8 Å². The van der Waals surface area contributed by atoms with Gasteiger partial charge in [0.1, 0.15) is 0 Å². The maximum Gasteiger partial charge on any atom is 0.335 e. The van der Waals surface area contributed by atoms with Gasteiger partial charge in [-0.1, -0.05) is 25.1 Å². The third kappa shape index (κ3) is 5.74. The van der Waals surface area contributed by atoms with Crippen molar-refractivity contribution in [1.82, 2.24) is 5.32 Å². The van der Waals surface area contributed by atoms with E-state index in [1.165, 1.54) is 0 Å². The Kier molecular flexibility index (Phi) is 7.23. The summed E-state index contributed by atoms with van der Waals surface area (Å²) in [5, 5.41) is 11.9. The summed E-state index contributed by atoms with van der Waals surface area (Å²) >= 11 is 0. The molecule has 2 N–H and O–H groups in total. The van der Waals surface area contributed by atoms with Crippen molar-refractivity contribution in [1.29, 1.82) is 0 Å². The van der Waals surface area contributed by atoms with Gasteiger partial charge in [0.15, 0.2) is 11.5 Å². The van der Waals surface area contributed by atoms with E-state index in [1.54, 1.807) is 32.4 Å². The van der Waals surface area contributed by atoms with E-state index >= 15 is 0 Å². The molecule has 144 valence electrons. The first-order valence-electron chi connectivity index (χ1n) is 8.75. The fourth-order valence-corrected chi connectivity index (χ4v) is 2.82. The molecule has 0 radical (unpaired) electrons. The molecule has 6 heteroatoms. The Bertz CT molecular complexity index is 803. The molecule has 0 aromatic heterocycles. The molecule has 2 rings (SSSR count). The highest BCUT2D eigenvalue weighted by Gasteiger charge is 2.15. The lowest BCUT2D eigenvalue weighted by Gasteiger charge is -2.14. The van der Waals surface area contributed by atoms with Gasteiger partial charge in [0.2, 0.25) is 5.91 Å². The standard InChI is InChI=1S/C21H25NO5/c1-14(11-16-7-8-18(26-2)19(13-16)27-3)20(23)22-10-9-15-5-4-6-17(12-15)21(24)25/h4-8,12-14H,9-11H2,1-3H3,(H,22,23)(H,24,25). The van der Waals surface area contributed by atoms with Gasteiger partial charge in [-0.3, -0.25) is 4.79 Å². The zero-order valence-electron chi connectivity index (χ0n) is 15.8. The zero-order valence-corrected chi connectivity index (χ0v) is 15.8. The summed E-state index contributed by atoms with van der Waals surface area (Å²) in [5.41, 5.74) is 2.12. The lowest BCUT2D eigenvalue weighted by atomic mass is 10.00. The van der Waals surface area contributed by atoms with Gasteiger partial charge in [-0.15, -0.1) is 0 Å². The normalized spacial score (nSPS) is 11.5. The highest BCUT2D eigenvalue weighted by molar-refractivity contribution is 5.87. The van der Waals surface area contributed by atoms with Crippen LogP contribution in [-0.4, -0.2) is 37.7 Å². The smallest absolute Gasteiger partial charge is 0.335 e. The number of benzene rings is 2. The molecule has 0 bridgehead atoms. The molecule has 0 aliphatic carbocycles. The van der Waals surface area contributed by atoms with Crippen molar-refractivity contribution in [2.24, 2.45) is 5.92 Å². The van der Waals surface area contributed by atoms with E-state index in [2.05, 4.69) is 5.32 Å². The van der Waals surface area contributed by atoms with Crippen molar-refractivity contribution < 1.29 is 24.2 Å². The average Bonchev–Trinajstić information content (AvgIpc) is 2.67. The third-order valence-electron chi connectivity index (χ3n) is 4.32. The minimum absolute atomic E-state index is 0.0424. The molecule has 27 heavy (non-hydrogen) atoms. The fraction of sp³-hybridized carbons (Fsp3) is 0.333. The van der Waals surface area contributed by atoms with Crippen LogP contribution in [0.25, 0.3) is 0 Å². The van der Waals surface area contributed by atoms with Gasteiger partial charge in [0.05, 0.1) is 19.8 Å². The van der Waals surface area contributed by atoms with Gasteiger partial charge in [0, 0.05) is 12.5 Å². The molecule has 2 aromatic carbocycles. The molecule has 0 saturated heterocycles. The topological polar surface area (TPSA) is 84.9 Å². The summed E-state index contributed by atoms with van der Waals surface area (Å²) in [6, 6.07) is 12.4. The molecule has 0 spiro atoms.